The summed E-state index contributed by atoms with van der Waals surface area (Å²) in [5.74, 6) is -0.869. The Morgan fingerprint density at radius 2 is 1.54 bits per heavy atom. The van der Waals surface area contributed by atoms with E-state index in [-0.39, 0.29) is 31.3 Å². The van der Waals surface area contributed by atoms with Crippen LogP contribution in [0, 0.1) is 0 Å². The molecule has 186 valence electrons. The van der Waals surface area contributed by atoms with Crippen molar-refractivity contribution in [1.29, 1.82) is 0 Å². The molecule has 0 atom stereocenters. The largest absolute Gasteiger partial charge is 0.481 e. The highest BCUT2D eigenvalue weighted by molar-refractivity contribution is 5.80. The molecule has 0 saturated carbocycles. The van der Waals surface area contributed by atoms with Gasteiger partial charge in [-0.05, 0) is 36.1 Å². The lowest BCUT2D eigenvalue weighted by atomic mass is 9.98. The lowest BCUT2D eigenvalue weighted by Crippen LogP contribution is -2.52. The maximum atomic E-state index is 12.8. The van der Waals surface area contributed by atoms with Gasteiger partial charge in [0.1, 0.15) is 6.61 Å². The van der Waals surface area contributed by atoms with Gasteiger partial charge in [-0.25, -0.2) is 4.79 Å². The van der Waals surface area contributed by atoms with E-state index in [1.54, 1.807) is 4.90 Å². The molecule has 4 rings (SSSR count). The molecule has 0 unspecified atom stereocenters. The van der Waals surface area contributed by atoms with Crippen molar-refractivity contribution < 1.29 is 24.2 Å². The second-order valence-corrected chi connectivity index (χ2v) is 9.88. The van der Waals surface area contributed by atoms with E-state index in [2.05, 4.69) is 34.5 Å². The first-order chi connectivity index (χ1) is 16.7. The maximum Gasteiger partial charge on any atom is 0.407 e. The number of carbonyl (C=O) groups excluding carboxylic acids is 2. The zero-order chi connectivity index (χ0) is 25.0. The molecule has 0 aromatic heterocycles. The summed E-state index contributed by atoms with van der Waals surface area (Å²) in [6.07, 6.45) is -0.277. The first-order valence-electron chi connectivity index (χ1n) is 12.1. The molecule has 2 N–H and O–H groups in total. The highest BCUT2D eigenvalue weighted by atomic mass is 16.5. The number of hydrogen-bond acceptors (Lipinski definition) is 5. The maximum absolute atomic E-state index is 12.8. The predicted molar refractivity (Wildman–Crippen MR) is 132 cm³/mol. The van der Waals surface area contributed by atoms with Crippen molar-refractivity contribution >= 4 is 18.0 Å². The molecular formula is C27H33N3O5. The van der Waals surface area contributed by atoms with Crippen molar-refractivity contribution in [2.45, 2.75) is 38.1 Å². The minimum atomic E-state index is -0.815. The van der Waals surface area contributed by atoms with E-state index in [9.17, 15) is 14.4 Å². The van der Waals surface area contributed by atoms with Gasteiger partial charge in [-0.1, -0.05) is 48.5 Å². The molecule has 2 aromatic carbocycles. The molecule has 1 heterocycles. The van der Waals surface area contributed by atoms with Gasteiger partial charge in [-0.15, -0.1) is 0 Å². The highest BCUT2D eigenvalue weighted by Gasteiger charge is 2.32. The SMILES string of the molecule is CC(C)(CC(=O)N1CCN(CCC(=O)O)CC1)NC(=O)OCC1c2ccccc2-c2ccccc21. The molecule has 0 bridgehead atoms. The van der Waals surface area contributed by atoms with Crippen LogP contribution < -0.4 is 5.32 Å². The summed E-state index contributed by atoms with van der Waals surface area (Å²) in [7, 11) is 0. The number of ether oxygens (including phenoxy) is 1. The number of alkyl carbamates (subject to hydrolysis) is 1. The summed E-state index contributed by atoms with van der Waals surface area (Å²) >= 11 is 0. The van der Waals surface area contributed by atoms with E-state index in [1.165, 1.54) is 11.1 Å². The topological polar surface area (TPSA) is 99.2 Å². The van der Waals surface area contributed by atoms with Gasteiger partial charge in [0.05, 0.1) is 6.42 Å². The van der Waals surface area contributed by atoms with E-state index in [4.69, 9.17) is 9.84 Å². The molecular weight excluding hydrogens is 446 g/mol. The highest BCUT2D eigenvalue weighted by Crippen LogP contribution is 2.44. The van der Waals surface area contributed by atoms with Crippen LogP contribution in [0.3, 0.4) is 0 Å². The van der Waals surface area contributed by atoms with Crippen LogP contribution in [0.1, 0.15) is 43.7 Å². The summed E-state index contributed by atoms with van der Waals surface area (Å²) in [5.41, 5.74) is 3.88. The molecule has 1 saturated heterocycles. The van der Waals surface area contributed by atoms with Gasteiger partial charge in [-0.3, -0.25) is 14.5 Å². The fraction of sp³-hybridized carbons (Fsp3) is 0.444. The molecule has 0 radical (unpaired) electrons. The Balaban J connectivity index is 1.27. The molecule has 8 nitrogen and oxygen atoms in total. The van der Waals surface area contributed by atoms with E-state index in [1.807, 2.05) is 38.1 Å². The third-order valence-corrected chi connectivity index (χ3v) is 6.74. The van der Waals surface area contributed by atoms with Crippen LogP contribution >= 0.6 is 0 Å². The van der Waals surface area contributed by atoms with Crippen molar-refractivity contribution in [3.63, 3.8) is 0 Å². The van der Waals surface area contributed by atoms with Crippen molar-refractivity contribution in [1.82, 2.24) is 15.1 Å². The Morgan fingerprint density at radius 3 is 2.11 bits per heavy atom. The minimum absolute atomic E-state index is 0.0182. The van der Waals surface area contributed by atoms with E-state index in [0.717, 1.165) is 11.1 Å². The fourth-order valence-electron chi connectivity index (χ4n) is 4.92. The van der Waals surface area contributed by atoms with Gasteiger partial charge in [-0.2, -0.15) is 0 Å². The molecule has 1 aliphatic heterocycles. The van der Waals surface area contributed by atoms with Gasteiger partial charge >= 0.3 is 12.1 Å². The Hall–Kier alpha value is -3.39. The molecule has 2 amide bonds. The second kappa shape index (κ2) is 10.5. The summed E-state index contributed by atoms with van der Waals surface area (Å²) in [4.78, 5) is 40.1. The lowest BCUT2D eigenvalue weighted by Gasteiger charge is -2.36. The number of carboxylic acids is 1. The monoisotopic (exact) mass is 479 g/mol. The van der Waals surface area contributed by atoms with E-state index >= 15 is 0 Å². The number of hydrogen-bond donors (Lipinski definition) is 2. The van der Waals surface area contributed by atoms with Gasteiger partial charge in [0.2, 0.25) is 5.91 Å². The molecule has 2 aromatic rings. The van der Waals surface area contributed by atoms with E-state index in [0.29, 0.717) is 32.7 Å². The predicted octanol–water partition coefficient (Wildman–Crippen LogP) is 3.31. The van der Waals surface area contributed by atoms with Crippen molar-refractivity contribution in [3.05, 3.63) is 59.7 Å². The summed E-state index contributed by atoms with van der Waals surface area (Å²) in [5, 5.41) is 11.7. The first kappa shape index (κ1) is 24.7. The van der Waals surface area contributed by atoms with Crippen LogP contribution in [-0.2, 0) is 14.3 Å². The number of rotatable bonds is 8. The number of aliphatic carboxylic acids is 1. The normalized spacial score (nSPS) is 15.9. The van der Waals surface area contributed by atoms with Crippen LogP contribution in [-0.4, -0.2) is 77.7 Å². The van der Waals surface area contributed by atoms with Gasteiger partial charge < -0.3 is 20.1 Å². The number of carbonyl (C=O) groups is 3. The Labute approximate surface area is 205 Å². The molecule has 8 heteroatoms. The van der Waals surface area contributed by atoms with Crippen molar-refractivity contribution in [2.24, 2.45) is 0 Å². The van der Waals surface area contributed by atoms with Crippen LogP contribution in [0.4, 0.5) is 4.79 Å². The standard InChI is InChI=1S/C27H33N3O5/c1-27(2,17-24(31)30-15-13-29(14-16-30)12-11-25(32)33)28-26(34)35-18-23-21-9-5-3-7-19(21)20-8-4-6-10-22(20)23/h3-10,23H,11-18H2,1-2H3,(H,28,34)(H,32,33). The van der Waals surface area contributed by atoms with Crippen LogP contribution in [0.2, 0.25) is 0 Å². The minimum Gasteiger partial charge on any atom is -0.481 e. The molecule has 35 heavy (non-hydrogen) atoms. The number of nitrogens with one attached hydrogen (secondary N) is 1. The zero-order valence-corrected chi connectivity index (χ0v) is 20.3. The quantitative estimate of drug-likeness (QED) is 0.603. The smallest absolute Gasteiger partial charge is 0.407 e. The summed E-state index contributed by atoms with van der Waals surface area (Å²) in [6.45, 7) is 6.76. The number of nitrogens with zero attached hydrogens (tertiary/aromatic N) is 2. The Kier molecular flexibility index (Phi) is 7.40. The number of fused-ring (bicyclic) bond motifs is 3. The van der Waals surface area contributed by atoms with E-state index < -0.39 is 17.6 Å². The fourth-order valence-corrected chi connectivity index (χ4v) is 4.92. The number of benzene rings is 2. The lowest BCUT2D eigenvalue weighted by molar-refractivity contribution is -0.138. The van der Waals surface area contributed by atoms with Crippen LogP contribution in [0.25, 0.3) is 11.1 Å². The number of piperazine rings is 1. The zero-order valence-electron chi connectivity index (χ0n) is 20.3. The van der Waals surface area contributed by atoms with Crippen molar-refractivity contribution in [2.75, 3.05) is 39.3 Å². The molecule has 1 aliphatic carbocycles. The van der Waals surface area contributed by atoms with Gasteiger partial charge in [0.25, 0.3) is 0 Å². The molecule has 1 fully saturated rings. The Bertz CT molecular complexity index is 1050. The van der Waals surface area contributed by atoms with Gasteiger partial charge in [0.15, 0.2) is 0 Å². The molecule has 2 aliphatic rings. The third-order valence-electron chi connectivity index (χ3n) is 6.74. The van der Waals surface area contributed by atoms with Crippen molar-refractivity contribution in [3.8, 4) is 11.1 Å². The summed E-state index contributed by atoms with van der Waals surface area (Å²) in [6, 6.07) is 16.4. The van der Waals surface area contributed by atoms with Crippen LogP contribution in [0.5, 0.6) is 0 Å². The average Bonchev–Trinajstić information content (AvgIpc) is 3.15. The van der Waals surface area contributed by atoms with Gasteiger partial charge in [0, 0.05) is 50.6 Å². The third kappa shape index (κ3) is 6.00. The number of amides is 2. The van der Waals surface area contributed by atoms with Crippen LogP contribution in [0.15, 0.2) is 48.5 Å². The first-order valence-corrected chi connectivity index (χ1v) is 12.1. The average molecular weight is 480 g/mol. The molecule has 0 spiro atoms. The number of carboxylic acid groups (broad SMARTS) is 1. The Morgan fingerprint density at radius 1 is 0.971 bits per heavy atom. The summed E-state index contributed by atoms with van der Waals surface area (Å²) < 4.78 is 5.63. The second-order valence-electron chi connectivity index (χ2n) is 9.88.